The molecule has 0 unspecified atom stereocenters. The predicted octanol–water partition coefficient (Wildman–Crippen LogP) is 1.34. The highest BCUT2D eigenvalue weighted by molar-refractivity contribution is 5.94. The first kappa shape index (κ1) is 15.2. The van der Waals surface area contributed by atoms with Crippen LogP contribution in [-0.4, -0.2) is 62.5 Å². The number of hydrogen-bond donors (Lipinski definition) is 2. The maximum Gasteiger partial charge on any atom is 0.356 e. The van der Waals surface area contributed by atoms with Crippen LogP contribution in [0.1, 0.15) is 16.9 Å². The van der Waals surface area contributed by atoms with Crippen LogP contribution in [0.25, 0.3) is 16.6 Å². The SMILES string of the molecule is CN(C)CCCNc1nc2ccncc2c2nc(C(=O)O)cn12. The van der Waals surface area contributed by atoms with Gasteiger partial charge in [0.25, 0.3) is 0 Å². The Balaban J connectivity index is 2.02. The zero-order valence-corrected chi connectivity index (χ0v) is 13.0. The fourth-order valence-corrected chi connectivity index (χ4v) is 2.38. The highest BCUT2D eigenvalue weighted by Crippen LogP contribution is 2.21. The van der Waals surface area contributed by atoms with E-state index in [9.17, 15) is 9.90 Å². The van der Waals surface area contributed by atoms with Crippen LogP contribution in [0.4, 0.5) is 5.95 Å². The van der Waals surface area contributed by atoms with Crippen LogP contribution in [0.3, 0.4) is 0 Å². The minimum atomic E-state index is -1.07. The first-order valence-corrected chi connectivity index (χ1v) is 7.31. The van der Waals surface area contributed by atoms with Crippen LogP contribution in [0.15, 0.2) is 24.7 Å². The van der Waals surface area contributed by atoms with Crippen molar-refractivity contribution in [2.45, 2.75) is 6.42 Å². The summed E-state index contributed by atoms with van der Waals surface area (Å²) in [6, 6.07) is 1.79. The summed E-state index contributed by atoms with van der Waals surface area (Å²) in [6.07, 6.45) is 5.73. The number of nitrogens with one attached hydrogen (secondary N) is 1. The number of carbonyl (C=O) groups is 1. The van der Waals surface area contributed by atoms with Gasteiger partial charge in [-0.1, -0.05) is 0 Å². The number of fused-ring (bicyclic) bond motifs is 3. The summed E-state index contributed by atoms with van der Waals surface area (Å²) in [7, 11) is 4.04. The van der Waals surface area contributed by atoms with E-state index in [-0.39, 0.29) is 5.69 Å². The third-order valence-corrected chi connectivity index (χ3v) is 3.48. The van der Waals surface area contributed by atoms with Crippen LogP contribution >= 0.6 is 0 Å². The molecule has 0 saturated heterocycles. The summed E-state index contributed by atoms with van der Waals surface area (Å²) in [5.41, 5.74) is 1.25. The third kappa shape index (κ3) is 3.07. The van der Waals surface area contributed by atoms with Crippen molar-refractivity contribution >= 4 is 28.5 Å². The lowest BCUT2D eigenvalue weighted by Gasteiger charge is -2.12. The van der Waals surface area contributed by atoms with E-state index in [1.54, 1.807) is 22.9 Å². The summed E-state index contributed by atoms with van der Waals surface area (Å²) in [4.78, 5) is 26.1. The van der Waals surface area contributed by atoms with Crippen molar-refractivity contribution in [1.29, 1.82) is 0 Å². The third-order valence-electron chi connectivity index (χ3n) is 3.48. The monoisotopic (exact) mass is 314 g/mol. The molecule has 0 spiro atoms. The maximum atomic E-state index is 11.2. The molecule has 3 aromatic rings. The largest absolute Gasteiger partial charge is 0.476 e. The average Bonchev–Trinajstić information content (AvgIpc) is 2.97. The molecule has 0 fully saturated rings. The van der Waals surface area contributed by atoms with Crippen molar-refractivity contribution in [3.8, 4) is 0 Å². The number of nitrogens with zero attached hydrogens (tertiary/aromatic N) is 5. The molecule has 0 saturated carbocycles. The lowest BCUT2D eigenvalue weighted by molar-refractivity contribution is 0.0691. The molecule has 0 aliphatic rings. The quantitative estimate of drug-likeness (QED) is 0.663. The van der Waals surface area contributed by atoms with E-state index in [4.69, 9.17) is 0 Å². The Labute approximate surface area is 132 Å². The average molecular weight is 314 g/mol. The molecule has 0 bridgehead atoms. The molecule has 0 amide bonds. The van der Waals surface area contributed by atoms with Crippen molar-refractivity contribution in [3.05, 3.63) is 30.4 Å². The van der Waals surface area contributed by atoms with Gasteiger partial charge in [-0.05, 0) is 33.1 Å². The van der Waals surface area contributed by atoms with E-state index in [1.165, 1.54) is 6.20 Å². The summed E-state index contributed by atoms with van der Waals surface area (Å²) >= 11 is 0. The molecule has 0 aromatic carbocycles. The molecule has 120 valence electrons. The zero-order chi connectivity index (χ0) is 16.4. The Morgan fingerprint density at radius 2 is 2.22 bits per heavy atom. The Hall–Kier alpha value is -2.74. The van der Waals surface area contributed by atoms with E-state index >= 15 is 0 Å². The highest BCUT2D eigenvalue weighted by atomic mass is 16.4. The van der Waals surface area contributed by atoms with Gasteiger partial charge >= 0.3 is 5.97 Å². The molecule has 0 aliphatic heterocycles. The second-order valence-corrected chi connectivity index (χ2v) is 5.54. The molecule has 0 atom stereocenters. The van der Waals surface area contributed by atoms with Gasteiger partial charge in [-0.2, -0.15) is 0 Å². The van der Waals surface area contributed by atoms with E-state index < -0.39 is 5.97 Å². The fourth-order valence-electron chi connectivity index (χ4n) is 2.38. The topological polar surface area (TPSA) is 95.6 Å². The number of carboxylic acids is 1. The molecule has 3 heterocycles. The number of aromatic nitrogens is 4. The van der Waals surface area contributed by atoms with Crippen LogP contribution in [0.5, 0.6) is 0 Å². The first-order chi connectivity index (χ1) is 11.1. The van der Waals surface area contributed by atoms with Crippen LogP contribution in [0, 0.1) is 0 Å². The molecule has 8 heteroatoms. The molecule has 8 nitrogen and oxygen atoms in total. The van der Waals surface area contributed by atoms with Crippen LogP contribution < -0.4 is 5.32 Å². The lowest BCUT2D eigenvalue weighted by Crippen LogP contribution is -2.17. The second kappa shape index (κ2) is 6.17. The number of imidazole rings is 1. The molecule has 0 radical (unpaired) electrons. The number of rotatable bonds is 6. The van der Waals surface area contributed by atoms with Gasteiger partial charge in [-0.25, -0.2) is 14.8 Å². The summed E-state index contributed by atoms with van der Waals surface area (Å²) < 4.78 is 1.67. The maximum absolute atomic E-state index is 11.2. The smallest absolute Gasteiger partial charge is 0.356 e. The molecule has 3 aromatic heterocycles. The van der Waals surface area contributed by atoms with E-state index in [2.05, 4.69) is 25.2 Å². The molecular weight excluding hydrogens is 296 g/mol. The Morgan fingerprint density at radius 1 is 1.39 bits per heavy atom. The standard InChI is InChI=1S/C15H18N6O2/c1-20(2)7-3-5-17-15-19-11-4-6-16-8-10(11)13-18-12(14(22)23)9-21(13)15/h4,6,8-9H,3,5,7H2,1-2H3,(H,17,19)(H,22,23). The van der Waals surface area contributed by atoms with E-state index in [1.807, 2.05) is 14.1 Å². The number of pyridine rings is 1. The van der Waals surface area contributed by atoms with Gasteiger partial charge in [0.1, 0.15) is 0 Å². The van der Waals surface area contributed by atoms with Gasteiger partial charge in [-0.3, -0.25) is 9.38 Å². The predicted molar refractivity (Wildman–Crippen MR) is 86.9 cm³/mol. The molecule has 0 aliphatic carbocycles. The summed E-state index contributed by atoms with van der Waals surface area (Å²) in [5.74, 6) is -0.484. The second-order valence-electron chi connectivity index (χ2n) is 5.54. The van der Waals surface area contributed by atoms with Gasteiger partial charge in [0.15, 0.2) is 11.3 Å². The van der Waals surface area contributed by atoms with Gasteiger partial charge in [-0.15, -0.1) is 0 Å². The molecule has 2 N–H and O–H groups in total. The number of hydrogen-bond acceptors (Lipinski definition) is 6. The van der Waals surface area contributed by atoms with Crippen molar-refractivity contribution in [3.63, 3.8) is 0 Å². The van der Waals surface area contributed by atoms with Gasteiger partial charge in [0, 0.05) is 25.1 Å². The summed E-state index contributed by atoms with van der Waals surface area (Å²) in [6.45, 7) is 1.69. The minimum Gasteiger partial charge on any atom is -0.476 e. The minimum absolute atomic E-state index is 0.0144. The lowest BCUT2D eigenvalue weighted by atomic mass is 10.3. The Kier molecular flexibility index (Phi) is 4.07. The fraction of sp³-hybridized carbons (Fsp3) is 0.333. The van der Waals surface area contributed by atoms with Crippen molar-refractivity contribution in [2.24, 2.45) is 0 Å². The molecule has 3 rings (SSSR count). The Morgan fingerprint density at radius 3 is 2.96 bits per heavy atom. The number of aromatic carboxylic acids is 1. The van der Waals surface area contributed by atoms with Crippen LogP contribution in [0.2, 0.25) is 0 Å². The highest BCUT2D eigenvalue weighted by Gasteiger charge is 2.15. The molecular formula is C15H18N6O2. The Bertz CT molecular complexity index is 858. The number of anilines is 1. The molecule has 23 heavy (non-hydrogen) atoms. The zero-order valence-electron chi connectivity index (χ0n) is 13.0. The van der Waals surface area contributed by atoms with Gasteiger partial charge < -0.3 is 15.3 Å². The van der Waals surface area contributed by atoms with E-state index in [0.29, 0.717) is 11.6 Å². The van der Waals surface area contributed by atoms with E-state index in [0.717, 1.165) is 30.4 Å². The van der Waals surface area contributed by atoms with Crippen LogP contribution in [-0.2, 0) is 0 Å². The summed E-state index contributed by atoms with van der Waals surface area (Å²) in [5, 5.41) is 13.2. The van der Waals surface area contributed by atoms with Crippen molar-refractivity contribution in [1.82, 2.24) is 24.3 Å². The number of carboxylic acid groups (broad SMARTS) is 1. The van der Waals surface area contributed by atoms with Gasteiger partial charge in [0.05, 0.1) is 10.9 Å². The van der Waals surface area contributed by atoms with Crippen molar-refractivity contribution < 1.29 is 9.90 Å². The van der Waals surface area contributed by atoms with Crippen molar-refractivity contribution in [2.75, 3.05) is 32.5 Å². The normalized spacial score (nSPS) is 11.4. The van der Waals surface area contributed by atoms with Gasteiger partial charge in [0.2, 0.25) is 5.95 Å². The first-order valence-electron chi connectivity index (χ1n) is 7.31.